The molecular weight excluding hydrogens is 264 g/mol. The lowest BCUT2D eigenvalue weighted by atomic mass is 10.1. The summed E-state index contributed by atoms with van der Waals surface area (Å²) in [5.41, 5.74) is 2.64. The molecule has 2 heterocycles. The van der Waals surface area contributed by atoms with Gasteiger partial charge in [0, 0.05) is 24.5 Å². The first-order chi connectivity index (χ1) is 10.1. The van der Waals surface area contributed by atoms with E-state index in [-0.39, 0.29) is 5.75 Å². The molecule has 3 aromatic rings. The molecular formula is C16H18N4O. The van der Waals surface area contributed by atoms with Crippen LogP contribution in [-0.4, -0.2) is 26.0 Å². The summed E-state index contributed by atoms with van der Waals surface area (Å²) < 4.78 is 1.98. The standard InChI is InChI=1S/C16H18N4O/c1-11(2)9-18-15-16-19-10-14(20(16)7-6-17-15)12-4-3-5-13(21)8-12/h3-8,10-11,21H,9H2,1-2H3,(H,17,18). The maximum atomic E-state index is 9.63. The quantitative estimate of drug-likeness (QED) is 0.771. The Labute approximate surface area is 123 Å². The maximum Gasteiger partial charge on any atom is 0.180 e. The zero-order valence-electron chi connectivity index (χ0n) is 12.1. The Balaban J connectivity index is 2.05. The highest BCUT2D eigenvalue weighted by molar-refractivity contribution is 5.71. The molecule has 0 bridgehead atoms. The summed E-state index contributed by atoms with van der Waals surface area (Å²) in [6.07, 6.45) is 5.43. The molecule has 5 nitrogen and oxygen atoms in total. The Morgan fingerprint density at radius 3 is 2.90 bits per heavy atom. The summed E-state index contributed by atoms with van der Waals surface area (Å²) >= 11 is 0. The Morgan fingerprint density at radius 1 is 1.29 bits per heavy atom. The summed E-state index contributed by atoms with van der Waals surface area (Å²) in [5, 5.41) is 12.9. The fourth-order valence-corrected chi connectivity index (χ4v) is 2.22. The van der Waals surface area contributed by atoms with Crippen LogP contribution < -0.4 is 5.32 Å². The molecule has 2 N–H and O–H groups in total. The average Bonchev–Trinajstić information content (AvgIpc) is 2.89. The van der Waals surface area contributed by atoms with Crippen LogP contribution in [0.3, 0.4) is 0 Å². The fourth-order valence-electron chi connectivity index (χ4n) is 2.22. The third-order valence-electron chi connectivity index (χ3n) is 3.25. The van der Waals surface area contributed by atoms with E-state index in [9.17, 15) is 5.11 Å². The van der Waals surface area contributed by atoms with Gasteiger partial charge in [-0.1, -0.05) is 26.0 Å². The predicted molar refractivity (Wildman–Crippen MR) is 83.4 cm³/mol. The van der Waals surface area contributed by atoms with Crippen molar-refractivity contribution in [1.82, 2.24) is 14.4 Å². The van der Waals surface area contributed by atoms with Gasteiger partial charge in [-0.05, 0) is 18.1 Å². The van der Waals surface area contributed by atoms with E-state index in [1.165, 1.54) is 0 Å². The highest BCUT2D eigenvalue weighted by Crippen LogP contribution is 2.25. The smallest absolute Gasteiger partial charge is 0.180 e. The summed E-state index contributed by atoms with van der Waals surface area (Å²) in [6, 6.07) is 7.16. The van der Waals surface area contributed by atoms with E-state index in [1.807, 2.05) is 22.7 Å². The van der Waals surface area contributed by atoms with E-state index in [4.69, 9.17) is 0 Å². The van der Waals surface area contributed by atoms with Crippen LogP contribution in [0.25, 0.3) is 16.9 Å². The van der Waals surface area contributed by atoms with Gasteiger partial charge in [0.2, 0.25) is 0 Å². The molecule has 0 spiro atoms. The van der Waals surface area contributed by atoms with Gasteiger partial charge in [0.1, 0.15) is 5.75 Å². The van der Waals surface area contributed by atoms with Crippen molar-refractivity contribution in [1.29, 1.82) is 0 Å². The number of phenols is 1. The van der Waals surface area contributed by atoms with Gasteiger partial charge >= 0.3 is 0 Å². The number of aromatic hydroxyl groups is 1. The first-order valence-electron chi connectivity index (χ1n) is 7.00. The first-order valence-corrected chi connectivity index (χ1v) is 7.00. The highest BCUT2D eigenvalue weighted by atomic mass is 16.3. The van der Waals surface area contributed by atoms with Gasteiger partial charge in [-0.15, -0.1) is 0 Å². The van der Waals surface area contributed by atoms with Gasteiger partial charge in [0.15, 0.2) is 11.5 Å². The van der Waals surface area contributed by atoms with Gasteiger partial charge in [-0.3, -0.25) is 4.40 Å². The van der Waals surface area contributed by atoms with Gasteiger partial charge in [-0.25, -0.2) is 9.97 Å². The van der Waals surface area contributed by atoms with Gasteiger partial charge in [0.05, 0.1) is 11.9 Å². The number of aromatic nitrogens is 3. The monoisotopic (exact) mass is 282 g/mol. The number of hydrogen-bond acceptors (Lipinski definition) is 4. The minimum absolute atomic E-state index is 0.245. The van der Waals surface area contributed by atoms with Crippen molar-refractivity contribution in [2.45, 2.75) is 13.8 Å². The van der Waals surface area contributed by atoms with Gasteiger partial charge < -0.3 is 10.4 Å². The van der Waals surface area contributed by atoms with Crippen molar-refractivity contribution in [3.05, 3.63) is 42.9 Å². The minimum atomic E-state index is 0.245. The lowest BCUT2D eigenvalue weighted by Crippen LogP contribution is -2.10. The lowest BCUT2D eigenvalue weighted by molar-refractivity contribution is 0.475. The van der Waals surface area contributed by atoms with Crippen molar-refractivity contribution < 1.29 is 5.11 Å². The zero-order valence-corrected chi connectivity index (χ0v) is 12.1. The molecule has 5 heteroatoms. The molecule has 0 radical (unpaired) electrons. The van der Waals surface area contributed by atoms with E-state index in [0.29, 0.717) is 5.92 Å². The molecule has 0 saturated carbocycles. The van der Waals surface area contributed by atoms with Crippen LogP contribution in [0.4, 0.5) is 5.82 Å². The molecule has 108 valence electrons. The van der Waals surface area contributed by atoms with E-state index in [1.54, 1.807) is 24.5 Å². The van der Waals surface area contributed by atoms with Crippen LogP contribution in [0.15, 0.2) is 42.9 Å². The molecule has 0 amide bonds. The molecule has 1 aromatic carbocycles. The number of benzene rings is 1. The van der Waals surface area contributed by atoms with Crippen molar-refractivity contribution in [2.75, 3.05) is 11.9 Å². The molecule has 0 saturated heterocycles. The normalized spacial score (nSPS) is 11.2. The van der Waals surface area contributed by atoms with Crippen molar-refractivity contribution in [2.24, 2.45) is 5.92 Å². The second-order valence-electron chi connectivity index (χ2n) is 5.44. The number of nitrogens with zero attached hydrogens (tertiary/aromatic N) is 3. The number of rotatable bonds is 4. The first kappa shape index (κ1) is 13.4. The summed E-state index contributed by atoms with van der Waals surface area (Å²) in [6.45, 7) is 5.15. The van der Waals surface area contributed by atoms with Gasteiger partial charge in [-0.2, -0.15) is 0 Å². The molecule has 2 aromatic heterocycles. The maximum absolute atomic E-state index is 9.63. The second kappa shape index (κ2) is 5.44. The van der Waals surface area contributed by atoms with Crippen molar-refractivity contribution >= 4 is 11.5 Å². The topological polar surface area (TPSA) is 62.5 Å². The third kappa shape index (κ3) is 2.67. The second-order valence-corrected chi connectivity index (χ2v) is 5.44. The minimum Gasteiger partial charge on any atom is -0.508 e. The van der Waals surface area contributed by atoms with E-state index < -0.39 is 0 Å². The Morgan fingerprint density at radius 2 is 2.14 bits per heavy atom. The summed E-state index contributed by atoms with van der Waals surface area (Å²) in [4.78, 5) is 8.82. The van der Waals surface area contributed by atoms with Gasteiger partial charge in [0.25, 0.3) is 0 Å². The molecule has 0 fully saturated rings. The zero-order chi connectivity index (χ0) is 14.8. The summed E-state index contributed by atoms with van der Waals surface area (Å²) in [5.74, 6) is 1.56. The largest absolute Gasteiger partial charge is 0.508 e. The molecule has 0 aliphatic rings. The van der Waals surface area contributed by atoms with E-state index >= 15 is 0 Å². The van der Waals surface area contributed by atoms with E-state index in [0.717, 1.165) is 29.3 Å². The number of fused-ring (bicyclic) bond motifs is 1. The average molecular weight is 282 g/mol. The molecule has 0 unspecified atom stereocenters. The number of nitrogens with one attached hydrogen (secondary N) is 1. The molecule has 0 atom stereocenters. The molecule has 21 heavy (non-hydrogen) atoms. The Kier molecular flexibility index (Phi) is 3.48. The SMILES string of the molecule is CC(C)CNc1nccn2c(-c3cccc(O)c3)cnc12. The fraction of sp³-hybridized carbons (Fsp3) is 0.250. The van der Waals surface area contributed by atoms with Crippen LogP contribution in [0.5, 0.6) is 5.75 Å². The Bertz CT molecular complexity index is 764. The van der Waals surface area contributed by atoms with Crippen LogP contribution in [0, 0.1) is 5.92 Å². The predicted octanol–water partition coefficient (Wildman–Crippen LogP) is 3.17. The number of imidazole rings is 1. The van der Waals surface area contributed by atoms with E-state index in [2.05, 4.69) is 29.1 Å². The van der Waals surface area contributed by atoms with Crippen molar-refractivity contribution in [3.8, 4) is 17.0 Å². The number of phenolic OH excluding ortho intramolecular Hbond substituents is 1. The number of anilines is 1. The van der Waals surface area contributed by atoms with Crippen molar-refractivity contribution in [3.63, 3.8) is 0 Å². The third-order valence-corrected chi connectivity index (χ3v) is 3.25. The number of hydrogen-bond donors (Lipinski definition) is 2. The van der Waals surface area contributed by atoms with Crippen LogP contribution in [-0.2, 0) is 0 Å². The lowest BCUT2D eigenvalue weighted by Gasteiger charge is -2.09. The van der Waals surface area contributed by atoms with Crippen LogP contribution in [0.1, 0.15) is 13.8 Å². The molecule has 0 aliphatic carbocycles. The summed E-state index contributed by atoms with van der Waals surface area (Å²) in [7, 11) is 0. The van der Waals surface area contributed by atoms with Crippen LogP contribution >= 0.6 is 0 Å². The molecule has 0 aliphatic heterocycles. The highest BCUT2D eigenvalue weighted by Gasteiger charge is 2.10. The van der Waals surface area contributed by atoms with Crippen LogP contribution in [0.2, 0.25) is 0 Å². The molecule has 3 rings (SSSR count). The Hall–Kier alpha value is -2.56.